The standard InChI is InChI=1S/C24H51O3P.2ClH.Hg/c1-7-13-16-22(10-4)19-25-28(26-20-23(11-5)17-14-8-2)27-21-24(12-6)18-15-9-3;;;/h22-24H,7-21H2,1-6H3;2*1H;/q;;;+2/p-2. The van der Waals surface area contributed by atoms with E-state index < -0.39 is 8.60 Å². The van der Waals surface area contributed by atoms with Gasteiger partial charge in [-0.1, -0.05) is 99.3 Å². The number of hydrogen-bond donors (Lipinski definition) is 0. The molecule has 0 aromatic heterocycles. The Bertz CT molecular complexity index is 284. The van der Waals surface area contributed by atoms with Crippen LogP contribution in [0.5, 0.6) is 0 Å². The maximum atomic E-state index is 6.21. The van der Waals surface area contributed by atoms with Crippen LogP contribution in [0, 0.1) is 17.8 Å². The van der Waals surface area contributed by atoms with E-state index in [4.69, 9.17) is 13.6 Å². The summed E-state index contributed by atoms with van der Waals surface area (Å²) in [5.74, 6) is 1.88. The molecule has 7 heteroatoms. The zero-order valence-corrected chi connectivity index (χ0v) is 29.4. The molecule has 0 aromatic rings. The third kappa shape index (κ3) is 23.3. The van der Waals surface area contributed by atoms with Crippen molar-refractivity contribution in [3.05, 3.63) is 0 Å². The molecule has 0 aliphatic heterocycles. The zero-order valence-electron chi connectivity index (χ0n) is 21.5. The summed E-state index contributed by atoms with van der Waals surface area (Å²) in [6.07, 6.45) is 14.9. The average Bonchev–Trinajstić information content (AvgIpc) is 2.73. The minimum absolute atomic E-state index is 0. The van der Waals surface area contributed by atoms with Crippen molar-refractivity contribution in [1.82, 2.24) is 0 Å². The van der Waals surface area contributed by atoms with E-state index in [2.05, 4.69) is 41.5 Å². The molecule has 0 saturated heterocycles. The van der Waals surface area contributed by atoms with Gasteiger partial charge in [0.05, 0.1) is 19.8 Å². The smallest absolute Gasteiger partial charge is 1.00 e. The molecule has 3 unspecified atom stereocenters. The molecule has 0 fully saturated rings. The number of halogens is 2. The van der Waals surface area contributed by atoms with Crippen molar-refractivity contribution in [3.8, 4) is 0 Å². The fraction of sp³-hybridized carbons (Fsp3) is 1.00. The van der Waals surface area contributed by atoms with E-state index in [0.717, 1.165) is 19.8 Å². The quantitative estimate of drug-likeness (QED) is 0.137. The van der Waals surface area contributed by atoms with E-state index >= 15 is 0 Å². The maximum Gasteiger partial charge on any atom is 2.00 e. The maximum absolute atomic E-state index is 6.21. The van der Waals surface area contributed by atoms with Gasteiger partial charge in [0.1, 0.15) is 0 Å². The zero-order chi connectivity index (χ0) is 21.0. The van der Waals surface area contributed by atoms with Crippen molar-refractivity contribution in [2.75, 3.05) is 19.8 Å². The fourth-order valence-corrected chi connectivity index (χ4v) is 4.53. The van der Waals surface area contributed by atoms with Gasteiger partial charge in [0.2, 0.25) is 0 Å². The summed E-state index contributed by atoms with van der Waals surface area (Å²) in [5, 5.41) is 0. The van der Waals surface area contributed by atoms with E-state index in [1.165, 1.54) is 77.0 Å². The van der Waals surface area contributed by atoms with Gasteiger partial charge >= 0.3 is 36.3 Å². The van der Waals surface area contributed by atoms with Gasteiger partial charge in [-0.3, -0.25) is 0 Å². The van der Waals surface area contributed by atoms with Crippen LogP contribution in [0.2, 0.25) is 0 Å². The van der Waals surface area contributed by atoms with Crippen LogP contribution in [0.3, 0.4) is 0 Å². The summed E-state index contributed by atoms with van der Waals surface area (Å²) >= 11 is 0. The van der Waals surface area contributed by atoms with Crippen molar-refractivity contribution in [1.29, 1.82) is 0 Å². The van der Waals surface area contributed by atoms with Gasteiger partial charge in [-0.05, 0) is 37.0 Å². The summed E-state index contributed by atoms with van der Waals surface area (Å²) in [6.45, 7) is 15.9. The molecule has 0 spiro atoms. The third-order valence-corrected chi connectivity index (χ3v) is 6.96. The molecular formula is C24H51Cl2HgO3P. The van der Waals surface area contributed by atoms with Crippen LogP contribution in [0.15, 0.2) is 0 Å². The van der Waals surface area contributed by atoms with Crippen molar-refractivity contribution >= 4 is 8.60 Å². The van der Waals surface area contributed by atoms with Gasteiger partial charge in [-0.15, -0.1) is 0 Å². The molecule has 0 aliphatic rings. The summed E-state index contributed by atoms with van der Waals surface area (Å²) < 4.78 is 18.6. The number of rotatable bonds is 21. The molecule has 0 N–H and O–H groups in total. The van der Waals surface area contributed by atoms with Crippen molar-refractivity contribution < 1.29 is 66.1 Å². The van der Waals surface area contributed by atoms with Crippen LogP contribution in [0.1, 0.15) is 119 Å². The second-order valence-electron chi connectivity index (χ2n) is 8.36. The minimum atomic E-state index is -1.22. The second-order valence-corrected chi connectivity index (χ2v) is 9.58. The van der Waals surface area contributed by atoms with Crippen LogP contribution in [0.4, 0.5) is 0 Å². The van der Waals surface area contributed by atoms with Gasteiger partial charge in [0.25, 0.3) is 0 Å². The van der Waals surface area contributed by atoms with Crippen LogP contribution in [-0.2, 0) is 41.2 Å². The molecule has 0 heterocycles. The van der Waals surface area contributed by atoms with Gasteiger partial charge < -0.3 is 38.4 Å². The van der Waals surface area contributed by atoms with Crippen LogP contribution in [0.25, 0.3) is 0 Å². The number of unbranched alkanes of at least 4 members (excludes halogenated alkanes) is 3. The van der Waals surface area contributed by atoms with Crippen LogP contribution < -0.4 is 24.8 Å². The SMILES string of the molecule is CCCCC(CC)COP(OCC(CC)CCCC)OCC(CC)CCCC.[Cl-].[Cl-].[Hg+2]. The first kappa shape index (κ1) is 40.0. The molecule has 0 bridgehead atoms. The first-order valence-corrected chi connectivity index (χ1v) is 13.4. The first-order chi connectivity index (χ1) is 13.6. The molecule has 3 nitrogen and oxygen atoms in total. The second kappa shape index (κ2) is 29.9. The Morgan fingerprint density at radius 1 is 0.516 bits per heavy atom. The summed E-state index contributed by atoms with van der Waals surface area (Å²) in [7, 11) is -1.22. The Balaban J connectivity index is -0.00000121. The van der Waals surface area contributed by atoms with E-state index in [1.807, 2.05) is 0 Å². The molecule has 0 aliphatic carbocycles. The Labute approximate surface area is 229 Å². The minimum Gasteiger partial charge on any atom is -1.00 e. The van der Waals surface area contributed by atoms with Crippen LogP contribution >= 0.6 is 8.60 Å². The van der Waals surface area contributed by atoms with E-state index in [0.29, 0.717) is 17.8 Å². The molecule has 186 valence electrons. The summed E-state index contributed by atoms with van der Waals surface area (Å²) in [4.78, 5) is 0. The monoisotopic (exact) mass is 690 g/mol. The van der Waals surface area contributed by atoms with Crippen molar-refractivity contribution in [2.24, 2.45) is 17.8 Å². The average molecular weight is 690 g/mol. The Morgan fingerprint density at radius 3 is 0.968 bits per heavy atom. The third-order valence-electron chi connectivity index (χ3n) is 5.88. The van der Waals surface area contributed by atoms with E-state index in [9.17, 15) is 0 Å². The molecule has 3 atom stereocenters. The van der Waals surface area contributed by atoms with Gasteiger partial charge in [0.15, 0.2) is 0 Å². The summed E-state index contributed by atoms with van der Waals surface area (Å²) in [5.41, 5.74) is 0. The predicted molar refractivity (Wildman–Crippen MR) is 125 cm³/mol. The van der Waals surface area contributed by atoms with E-state index in [1.54, 1.807) is 0 Å². The van der Waals surface area contributed by atoms with Crippen LogP contribution in [-0.4, -0.2) is 19.8 Å². The van der Waals surface area contributed by atoms with Crippen molar-refractivity contribution in [2.45, 2.75) is 119 Å². The molecule has 0 amide bonds. The first-order valence-electron chi connectivity index (χ1n) is 12.3. The normalized spacial score (nSPS) is 14.5. The van der Waals surface area contributed by atoms with Gasteiger partial charge in [-0.25, -0.2) is 0 Å². The Kier molecular flexibility index (Phi) is 38.5. The van der Waals surface area contributed by atoms with Crippen molar-refractivity contribution in [3.63, 3.8) is 0 Å². The largest absolute Gasteiger partial charge is 2.00 e. The molecule has 0 aromatic carbocycles. The fourth-order valence-electron chi connectivity index (χ4n) is 3.30. The topological polar surface area (TPSA) is 27.7 Å². The summed E-state index contributed by atoms with van der Waals surface area (Å²) in [6, 6.07) is 0. The van der Waals surface area contributed by atoms with Gasteiger partial charge in [-0.2, -0.15) is 0 Å². The van der Waals surface area contributed by atoms with Gasteiger partial charge in [0, 0.05) is 0 Å². The molecular weight excluding hydrogens is 639 g/mol. The number of hydrogen-bond acceptors (Lipinski definition) is 3. The Hall–Kier alpha value is 1.83. The molecule has 0 radical (unpaired) electrons. The Morgan fingerprint density at radius 2 is 0.774 bits per heavy atom. The molecule has 31 heavy (non-hydrogen) atoms. The van der Waals surface area contributed by atoms with E-state index in [-0.39, 0.29) is 52.5 Å². The molecule has 0 rings (SSSR count). The predicted octanol–water partition coefficient (Wildman–Crippen LogP) is 2.92. The molecule has 0 saturated carbocycles.